The minimum absolute atomic E-state index is 0.140. The van der Waals surface area contributed by atoms with Gasteiger partial charge in [-0.15, -0.1) is 0 Å². The molecule has 0 aliphatic rings. The molecule has 0 saturated heterocycles. The molecule has 0 fully saturated rings. The van der Waals surface area contributed by atoms with Crippen molar-refractivity contribution < 1.29 is 23.3 Å². The van der Waals surface area contributed by atoms with Crippen LogP contribution >= 0.6 is 0 Å². The zero-order valence-corrected chi connectivity index (χ0v) is 15.9. The lowest BCUT2D eigenvalue weighted by atomic mass is 10.1. The van der Waals surface area contributed by atoms with Crippen LogP contribution in [0.1, 0.15) is 45.0 Å². The van der Waals surface area contributed by atoms with Crippen LogP contribution in [-0.4, -0.2) is 39.5 Å². The van der Waals surface area contributed by atoms with Gasteiger partial charge >= 0.3 is 12.0 Å². The molecule has 25 heavy (non-hydrogen) atoms. The van der Waals surface area contributed by atoms with Gasteiger partial charge < -0.3 is 10.1 Å². The van der Waals surface area contributed by atoms with Crippen LogP contribution in [-0.2, 0) is 20.3 Å². The third-order valence-corrected chi connectivity index (χ3v) is 4.36. The van der Waals surface area contributed by atoms with E-state index in [2.05, 4.69) is 10.6 Å². The van der Waals surface area contributed by atoms with Crippen molar-refractivity contribution in [3.63, 3.8) is 0 Å². The largest absolute Gasteiger partial charge is 0.449 e. The Labute approximate surface area is 150 Å². The third kappa shape index (κ3) is 6.66. The molecule has 2 N–H and O–H groups in total. The third-order valence-electron chi connectivity index (χ3n) is 2.99. The Morgan fingerprint density at radius 2 is 1.80 bits per heavy atom. The number of hydrogen-bond acceptors (Lipinski definition) is 5. The summed E-state index contributed by atoms with van der Waals surface area (Å²) in [6.07, 6.45) is -1.18. The monoisotopic (exact) mass is 368 g/mol. The molecule has 8 heteroatoms. The van der Waals surface area contributed by atoms with Crippen molar-refractivity contribution in [2.45, 2.75) is 51.2 Å². The first-order valence-electron chi connectivity index (χ1n) is 7.86. The van der Waals surface area contributed by atoms with E-state index in [1.54, 1.807) is 45.9 Å². The number of amides is 3. The molecule has 0 aromatic heterocycles. The van der Waals surface area contributed by atoms with E-state index in [1.807, 2.05) is 0 Å². The Balaban J connectivity index is 2.76. The smallest absolute Gasteiger partial charge is 0.340 e. The van der Waals surface area contributed by atoms with E-state index in [0.717, 1.165) is 0 Å². The van der Waals surface area contributed by atoms with Crippen LogP contribution in [0, 0.1) is 0 Å². The van der Waals surface area contributed by atoms with Crippen LogP contribution in [0.5, 0.6) is 0 Å². The molecular formula is C17H24N2O5S. The molecule has 1 rings (SSSR count). The van der Waals surface area contributed by atoms with Gasteiger partial charge in [0.05, 0.1) is 21.3 Å². The zero-order chi connectivity index (χ0) is 19.2. The summed E-state index contributed by atoms with van der Waals surface area (Å²) in [5, 5.41) is 4.69. The zero-order valence-electron chi connectivity index (χ0n) is 15.0. The van der Waals surface area contributed by atoms with E-state index in [0.29, 0.717) is 10.6 Å². The van der Waals surface area contributed by atoms with E-state index in [4.69, 9.17) is 4.74 Å². The van der Waals surface area contributed by atoms with Gasteiger partial charge in [0.2, 0.25) is 0 Å². The molecule has 2 atom stereocenters. The number of ether oxygens (including phenoxy) is 1. The van der Waals surface area contributed by atoms with Gasteiger partial charge in [0.25, 0.3) is 5.91 Å². The highest BCUT2D eigenvalue weighted by molar-refractivity contribution is 7.85. The Hall–Kier alpha value is -2.22. The highest BCUT2D eigenvalue weighted by Crippen LogP contribution is 2.16. The van der Waals surface area contributed by atoms with Gasteiger partial charge in [-0.25, -0.2) is 9.59 Å². The fourth-order valence-corrected chi connectivity index (χ4v) is 2.79. The molecule has 0 radical (unpaired) electrons. The molecule has 0 saturated carbocycles. The Bertz CT molecular complexity index is 682. The maximum absolute atomic E-state index is 12.3. The second-order valence-corrected chi connectivity index (χ2v) is 8.08. The molecule has 0 aliphatic carbocycles. The Morgan fingerprint density at radius 3 is 2.36 bits per heavy atom. The quantitative estimate of drug-likeness (QED) is 0.774. The Morgan fingerprint density at radius 1 is 1.20 bits per heavy atom. The van der Waals surface area contributed by atoms with Crippen molar-refractivity contribution in [2.75, 3.05) is 5.75 Å². The van der Waals surface area contributed by atoms with E-state index in [9.17, 15) is 18.6 Å². The first-order chi connectivity index (χ1) is 11.5. The number of benzene rings is 1. The predicted octanol–water partition coefficient (Wildman–Crippen LogP) is 1.98. The molecular weight excluding hydrogens is 344 g/mol. The lowest BCUT2D eigenvalue weighted by molar-refractivity contribution is -0.127. The summed E-state index contributed by atoms with van der Waals surface area (Å²) in [6, 6.07) is 5.69. The number of esters is 1. The summed E-state index contributed by atoms with van der Waals surface area (Å²) in [6.45, 7) is 8.40. The molecule has 3 amide bonds. The first kappa shape index (κ1) is 20.8. The number of carbonyl (C=O) groups excluding carboxylic acids is 3. The molecule has 0 spiro atoms. The first-order valence-corrected chi connectivity index (χ1v) is 9.18. The van der Waals surface area contributed by atoms with E-state index >= 15 is 0 Å². The SMILES string of the molecule is CC[S@](=O)c1ccccc1C(=O)O[C@@H](C)C(=O)NC(=O)NC(C)(C)C. The fraction of sp³-hybridized carbons (Fsp3) is 0.471. The summed E-state index contributed by atoms with van der Waals surface area (Å²) in [5.41, 5.74) is -0.366. The second-order valence-electron chi connectivity index (χ2n) is 6.37. The number of urea groups is 1. The van der Waals surface area contributed by atoms with Gasteiger partial charge in [-0.3, -0.25) is 14.3 Å². The molecule has 0 unspecified atom stereocenters. The predicted molar refractivity (Wildman–Crippen MR) is 94.7 cm³/mol. The number of hydrogen-bond donors (Lipinski definition) is 2. The van der Waals surface area contributed by atoms with Crippen LogP contribution in [0.25, 0.3) is 0 Å². The summed E-state index contributed by atoms with van der Waals surface area (Å²) in [5.74, 6) is -1.16. The minimum Gasteiger partial charge on any atom is -0.449 e. The molecule has 7 nitrogen and oxygen atoms in total. The van der Waals surface area contributed by atoms with Crippen molar-refractivity contribution in [3.05, 3.63) is 29.8 Å². The van der Waals surface area contributed by atoms with Crippen molar-refractivity contribution in [2.24, 2.45) is 0 Å². The number of carbonyl (C=O) groups is 3. The number of imide groups is 1. The molecule has 0 heterocycles. The van der Waals surface area contributed by atoms with Gasteiger partial charge in [0.1, 0.15) is 0 Å². The maximum Gasteiger partial charge on any atom is 0.340 e. The van der Waals surface area contributed by atoms with Gasteiger partial charge in [-0.2, -0.15) is 0 Å². The summed E-state index contributed by atoms with van der Waals surface area (Å²) in [7, 11) is -1.33. The van der Waals surface area contributed by atoms with Crippen molar-refractivity contribution in [3.8, 4) is 0 Å². The average Bonchev–Trinajstić information content (AvgIpc) is 2.51. The molecule has 1 aromatic carbocycles. The van der Waals surface area contributed by atoms with Crippen LogP contribution in [0.2, 0.25) is 0 Å². The highest BCUT2D eigenvalue weighted by Gasteiger charge is 2.24. The van der Waals surface area contributed by atoms with Crippen molar-refractivity contribution in [1.29, 1.82) is 0 Å². The average molecular weight is 368 g/mol. The summed E-state index contributed by atoms with van der Waals surface area (Å²) >= 11 is 0. The maximum atomic E-state index is 12.3. The van der Waals surface area contributed by atoms with Crippen LogP contribution in [0.15, 0.2) is 29.2 Å². The summed E-state index contributed by atoms with van der Waals surface area (Å²) in [4.78, 5) is 36.3. The Kier molecular flexibility index (Phi) is 7.29. The van der Waals surface area contributed by atoms with Gasteiger partial charge in [0.15, 0.2) is 6.10 Å². The minimum atomic E-state index is -1.33. The van der Waals surface area contributed by atoms with Gasteiger partial charge in [-0.1, -0.05) is 19.1 Å². The standard InChI is InChI=1S/C17H24N2O5S/c1-6-25(23)13-10-8-7-9-12(13)15(21)24-11(2)14(20)18-16(22)19-17(3,4)5/h7-11H,6H2,1-5H3,(H2,18,19,20,22)/t11-,25-/m0/s1. The van der Waals surface area contributed by atoms with E-state index in [1.165, 1.54) is 13.0 Å². The molecule has 0 bridgehead atoms. The van der Waals surface area contributed by atoms with Crippen LogP contribution in [0.4, 0.5) is 4.79 Å². The van der Waals surface area contributed by atoms with Crippen molar-refractivity contribution in [1.82, 2.24) is 10.6 Å². The second kappa shape index (κ2) is 8.75. The van der Waals surface area contributed by atoms with Crippen LogP contribution < -0.4 is 10.6 Å². The highest BCUT2D eigenvalue weighted by atomic mass is 32.2. The topological polar surface area (TPSA) is 102 Å². The molecule has 1 aromatic rings. The molecule has 0 aliphatic heterocycles. The summed E-state index contributed by atoms with van der Waals surface area (Å²) < 4.78 is 17.1. The van der Waals surface area contributed by atoms with Crippen molar-refractivity contribution >= 4 is 28.7 Å². The lowest BCUT2D eigenvalue weighted by Crippen LogP contribution is -2.50. The number of rotatable bonds is 5. The molecule has 138 valence electrons. The van der Waals surface area contributed by atoms with E-state index < -0.39 is 40.4 Å². The van der Waals surface area contributed by atoms with Gasteiger partial charge in [-0.05, 0) is 39.8 Å². The fourth-order valence-electron chi connectivity index (χ4n) is 1.85. The van der Waals surface area contributed by atoms with Crippen LogP contribution in [0.3, 0.4) is 0 Å². The van der Waals surface area contributed by atoms with Gasteiger partial charge in [0, 0.05) is 11.3 Å². The van der Waals surface area contributed by atoms with E-state index in [-0.39, 0.29) is 5.56 Å². The number of nitrogens with one attached hydrogen (secondary N) is 2. The lowest BCUT2D eigenvalue weighted by Gasteiger charge is -2.21. The normalized spacial score (nSPS) is 13.5.